The van der Waals surface area contributed by atoms with Gasteiger partial charge < -0.3 is 9.67 Å². The van der Waals surface area contributed by atoms with E-state index in [1.54, 1.807) is 19.3 Å². The minimum absolute atomic E-state index is 0.0224. The Morgan fingerprint density at radius 3 is 2.00 bits per heavy atom. The van der Waals surface area contributed by atoms with Crippen molar-refractivity contribution in [2.75, 3.05) is 0 Å². The van der Waals surface area contributed by atoms with Crippen molar-refractivity contribution in [1.82, 2.24) is 4.57 Å². The van der Waals surface area contributed by atoms with E-state index in [1.165, 1.54) is 4.57 Å². The second-order valence-corrected chi connectivity index (χ2v) is 7.53. The zero-order valence-electron chi connectivity index (χ0n) is 13.2. The monoisotopic (exact) mass is 265 g/mol. The van der Waals surface area contributed by atoms with Gasteiger partial charge in [-0.25, -0.2) is 0 Å². The van der Waals surface area contributed by atoms with Crippen LogP contribution in [0.5, 0.6) is 0 Å². The van der Waals surface area contributed by atoms with Gasteiger partial charge in [-0.2, -0.15) is 0 Å². The molecule has 0 amide bonds. The summed E-state index contributed by atoms with van der Waals surface area (Å²) in [5, 5.41) is 9.60. The first-order chi connectivity index (χ1) is 8.48. The highest BCUT2D eigenvalue weighted by atomic mass is 16.3. The van der Waals surface area contributed by atoms with Gasteiger partial charge in [0.15, 0.2) is 0 Å². The normalized spacial score (nSPS) is 13.1. The highest BCUT2D eigenvalue weighted by Crippen LogP contribution is 2.47. The number of aromatic nitrogens is 1. The highest BCUT2D eigenvalue weighted by molar-refractivity contribution is 5.30. The largest absolute Gasteiger partial charge is 0.392 e. The summed E-state index contributed by atoms with van der Waals surface area (Å²) in [6, 6.07) is 1.69. The second kappa shape index (κ2) is 5.12. The number of hydrogen-bond acceptors (Lipinski definition) is 2. The van der Waals surface area contributed by atoms with E-state index in [2.05, 4.69) is 41.5 Å². The molecule has 19 heavy (non-hydrogen) atoms. The topological polar surface area (TPSA) is 42.2 Å². The maximum Gasteiger partial charge on any atom is 0.250 e. The van der Waals surface area contributed by atoms with E-state index in [9.17, 15) is 9.90 Å². The van der Waals surface area contributed by atoms with Gasteiger partial charge in [0, 0.05) is 19.3 Å². The van der Waals surface area contributed by atoms with Gasteiger partial charge in [0.05, 0.1) is 6.61 Å². The Bertz CT molecular complexity index is 487. The molecule has 0 unspecified atom stereocenters. The predicted molar refractivity (Wildman–Crippen MR) is 79.3 cm³/mol. The number of aliphatic hydroxyl groups excluding tert-OH is 1. The van der Waals surface area contributed by atoms with Crippen LogP contribution in [-0.4, -0.2) is 9.67 Å². The molecule has 3 heteroatoms. The third-order valence-corrected chi connectivity index (χ3v) is 3.56. The molecule has 1 heterocycles. The van der Waals surface area contributed by atoms with Crippen LogP contribution in [0.1, 0.15) is 58.6 Å². The van der Waals surface area contributed by atoms with Crippen molar-refractivity contribution in [2.24, 2.45) is 17.9 Å². The van der Waals surface area contributed by atoms with Gasteiger partial charge in [-0.3, -0.25) is 4.79 Å². The Kier molecular flexibility index (Phi) is 4.30. The first-order valence-corrected chi connectivity index (χ1v) is 6.78. The van der Waals surface area contributed by atoms with Gasteiger partial charge in [-0.1, -0.05) is 41.5 Å². The lowest BCUT2D eigenvalue weighted by atomic mass is 9.63. The molecular formula is C16H27NO2. The quantitative estimate of drug-likeness (QED) is 0.893. The maximum atomic E-state index is 11.9. The van der Waals surface area contributed by atoms with Gasteiger partial charge in [-0.15, -0.1) is 0 Å². The lowest BCUT2D eigenvalue weighted by molar-refractivity contribution is 0.172. The van der Waals surface area contributed by atoms with E-state index in [4.69, 9.17) is 0 Å². The highest BCUT2D eigenvalue weighted by Gasteiger charge is 2.37. The zero-order chi connectivity index (χ0) is 15.0. The van der Waals surface area contributed by atoms with Crippen LogP contribution in [0.15, 0.2) is 17.1 Å². The minimum Gasteiger partial charge on any atom is -0.392 e. The lowest BCUT2D eigenvalue weighted by Gasteiger charge is -2.42. The second-order valence-electron chi connectivity index (χ2n) is 7.53. The van der Waals surface area contributed by atoms with Crippen molar-refractivity contribution in [1.29, 1.82) is 0 Å². The van der Waals surface area contributed by atoms with E-state index in [0.717, 1.165) is 11.1 Å². The van der Waals surface area contributed by atoms with Crippen LogP contribution in [0, 0.1) is 10.8 Å². The summed E-state index contributed by atoms with van der Waals surface area (Å²) in [7, 11) is 1.72. The fraction of sp³-hybridized carbons (Fsp3) is 0.688. The molecule has 0 atom stereocenters. The molecule has 0 fully saturated rings. The molecule has 108 valence electrons. The number of pyridine rings is 1. The third-order valence-electron chi connectivity index (χ3n) is 3.56. The first-order valence-electron chi connectivity index (χ1n) is 6.78. The standard InChI is InChI=1S/C16H27NO2/c1-15(2,3)14(16(4,5)6)12-8-13(19)17(7)9-11(12)10-18/h8-9,14,18H,10H2,1-7H3. The lowest BCUT2D eigenvalue weighted by Crippen LogP contribution is -2.33. The molecule has 1 rings (SSSR count). The molecule has 0 saturated carbocycles. The van der Waals surface area contributed by atoms with Crippen LogP contribution in [0.3, 0.4) is 0 Å². The maximum absolute atomic E-state index is 11.9. The molecule has 1 aromatic rings. The Morgan fingerprint density at radius 2 is 1.63 bits per heavy atom. The zero-order valence-corrected chi connectivity index (χ0v) is 13.2. The molecular weight excluding hydrogens is 238 g/mol. The number of aliphatic hydroxyl groups is 1. The Balaban J connectivity index is 3.56. The van der Waals surface area contributed by atoms with Crippen LogP contribution in [0.4, 0.5) is 0 Å². The molecule has 0 saturated heterocycles. The first kappa shape index (κ1) is 16.0. The summed E-state index contributed by atoms with van der Waals surface area (Å²) in [6.07, 6.45) is 1.75. The van der Waals surface area contributed by atoms with Crippen molar-refractivity contribution in [3.63, 3.8) is 0 Å². The molecule has 0 aliphatic carbocycles. The van der Waals surface area contributed by atoms with Gasteiger partial charge in [0.25, 0.3) is 5.56 Å². The molecule has 0 spiro atoms. The van der Waals surface area contributed by atoms with E-state index in [0.29, 0.717) is 0 Å². The fourth-order valence-corrected chi connectivity index (χ4v) is 3.33. The average Bonchev–Trinajstić information content (AvgIpc) is 2.18. The molecule has 0 radical (unpaired) electrons. The number of nitrogens with zero attached hydrogens (tertiary/aromatic N) is 1. The van der Waals surface area contributed by atoms with Crippen LogP contribution in [0.2, 0.25) is 0 Å². The van der Waals surface area contributed by atoms with Crippen LogP contribution in [-0.2, 0) is 13.7 Å². The molecule has 0 aliphatic rings. The van der Waals surface area contributed by atoms with E-state index >= 15 is 0 Å². The summed E-state index contributed by atoms with van der Waals surface area (Å²) in [4.78, 5) is 11.9. The molecule has 0 aliphatic heterocycles. The summed E-state index contributed by atoms with van der Waals surface area (Å²) in [5.41, 5.74) is 1.84. The van der Waals surface area contributed by atoms with Crippen LogP contribution >= 0.6 is 0 Å². The van der Waals surface area contributed by atoms with E-state index < -0.39 is 0 Å². The van der Waals surface area contributed by atoms with Crippen molar-refractivity contribution in [2.45, 2.75) is 54.1 Å². The fourth-order valence-electron chi connectivity index (χ4n) is 3.33. The van der Waals surface area contributed by atoms with E-state index in [1.807, 2.05) is 0 Å². The van der Waals surface area contributed by atoms with Crippen LogP contribution in [0.25, 0.3) is 0 Å². The van der Waals surface area contributed by atoms with Gasteiger partial charge in [0.1, 0.15) is 0 Å². The minimum atomic E-state index is -0.0356. The predicted octanol–water partition coefficient (Wildman–Crippen LogP) is 3.05. The van der Waals surface area contributed by atoms with Crippen molar-refractivity contribution in [3.05, 3.63) is 33.7 Å². The molecule has 0 bridgehead atoms. The summed E-state index contributed by atoms with van der Waals surface area (Å²) >= 11 is 0. The smallest absolute Gasteiger partial charge is 0.250 e. The van der Waals surface area contributed by atoms with Crippen LogP contribution < -0.4 is 5.56 Å². The SMILES string of the molecule is Cn1cc(CO)c(C(C(C)(C)C)C(C)(C)C)cc1=O. The van der Waals surface area contributed by atoms with Gasteiger partial charge in [-0.05, 0) is 27.9 Å². The van der Waals surface area contributed by atoms with Crippen molar-refractivity contribution in [3.8, 4) is 0 Å². The molecule has 1 N–H and O–H groups in total. The summed E-state index contributed by atoms with van der Waals surface area (Å²) < 4.78 is 1.53. The van der Waals surface area contributed by atoms with Gasteiger partial charge in [0.2, 0.25) is 0 Å². The molecule has 3 nitrogen and oxygen atoms in total. The third kappa shape index (κ3) is 3.47. The summed E-state index contributed by atoms with van der Waals surface area (Å²) in [6.45, 7) is 13.1. The Labute approximate surface area is 116 Å². The van der Waals surface area contributed by atoms with E-state index in [-0.39, 0.29) is 28.9 Å². The summed E-state index contributed by atoms with van der Waals surface area (Å²) in [5.74, 6) is 0.205. The number of hydrogen-bond donors (Lipinski definition) is 1. The van der Waals surface area contributed by atoms with Crippen molar-refractivity contribution < 1.29 is 5.11 Å². The molecule has 0 aromatic carbocycles. The van der Waals surface area contributed by atoms with Crippen molar-refractivity contribution >= 4 is 0 Å². The molecule has 1 aromatic heterocycles. The Hall–Kier alpha value is -1.09. The number of aryl methyl sites for hydroxylation is 1. The number of rotatable bonds is 2. The van der Waals surface area contributed by atoms with Gasteiger partial charge >= 0.3 is 0 Å². The Morgan fingerprint density at radius 1 is 1.16 bits per heavy atom. The average molecular weight is 265 g/mol.